The first-order chi connectivity index (χ1) is 18.7. The van der Waals surface area contributed by atoms with E-state index in [9.17, 15) is 14.4 Å². The summed E-state index contributed by atoms with van der Waals surface area (Å²) in [5.74, 6) is 0.162. The summed E-state index contributed by atoms with van der Waals surface area (Å²) >= 11 is 1.35. The molecule has 0 fully saturated rings. The number of hydrogen-bond acceptors (Lipinski definition) is 6. The van der Waals surface area contributed by atoms with E-state index in [1.54, 1.807) is 55.9 Å². The Labute approximate surface area is 230 Å². The van der Waals surface area contributed by atoms with E-state index in [-0.39, 0.29) is 23.1 Å². The van der Waals surface area contributed by atoms with Gasteiger partial charge in [0, 0.05) is 17.6 Å². The zero-order chi connectivity index (χ0) is 28.1. The van der Waals surface area contributed by atoms with Gasteiger partial charge in [0.1, 0.15) is 22.7 Å². The van der Waals surface area contributed by atoms with Gasteiger partial charge in [0.15, 0.2) is 0 Å². The third kappa shape index (κ3) is 5.85. The predicted octanol–water partition coefficient (Wildman–Crippen LogP) is 4.87. The summed E-state index contributed by atoms with van der Waals surface area (Å²) in [7, 11) is 4.77. The first-order valence-corrected chi connectivity index (χ1v) is 13.1. The van der Waals surface area contributed by atoms with Crippen molar-refractivity contribution < 1.29 is 19.1 Å². The molecule has 0 saturated heterocycles. The number of ether oxygens (including phenoxy) is 2. The van der Waals surface area contributed by atoms with Crippen molar-refractivity contribution in [3.05, 3.63) is 94.4 Å². The molecule has 4 rings (SSSR count). The van der Waals surface area contributed by atoms with Gasteiger partial charge in [-0.05, 0) is 62.4 Å². The van der Waals surface area contributed by atoms with E-state index in [0.717, 1.165) is 4.90 Å². The maximum absolute atomic E-state index is 13.1. The molecule has 0 radical (unpaired) electrons. The zero-order valence-electron chi connectivity index (χ0n) is 22.3. The Kier molecular flexibility index (Phi) is 8.46. The third-order valence-corrected chi connectivity index (χ3v) is 7.36. The molecule has 0 saturated carbocycles. The molecule has 9 nitrogen and oxygen atoms in total. The minimum atomic E-state index is -0.479. The number of anilines is 2. The summed E-state index contributed by atoms with van der Waals surface area (Å²) in [4.78, 5) is 39.8. The lowest BCUT2D eigenvalue weighted by Gasteiger charge is -2.14. The van der Waals surface area contributed by atoms with E-state index >= 15 is 0 Å². The highest BCUT2D eigenvalue weighted by Crippen LogP contribution is 2.30. The predicted molar refractivity (Wildman–Crippen MR) is 154 cm³/mol. The van der Waals surface area contributed by atoms with Crippen molar-refractivity contribution in [1.29, 1.82) is 0 Å². The Hall–Kier alpha value is -4.44. The number of amides is 2. The molecule has 1 unspecified atom stereocenters. The molecular weight excluding hydrogens is 516 g/mol. The van der Waals surface area contributed by atoms with E-state index in [1.165, 1.54) is 30.7 Å². The molecule has 0 aliphatic heterocycles. The molecule has 0 aliphatic carbocycles. The molecule has 39 heavy (non-hydrogen) atoms. The van der Waals surface area contributed by atoms with Crippen LogP contribution in [0.4, 0.5) is 11.4 Å². The van der Waals surface area contributed by atoms with Gasteiger partial charge in [0.05, 0.1) is 30.9 Å². The normalized spacial score (nSPS) is 11.5. The number of carbonyl (C=O) groups is 2. The van der Waals surface area contributed by atoms with Crippen molar-refractivity contribution in [3.8, 4) is 17.2 Å². The van der Waals surface area contributed by atoms with Crippen LogP contribution in [0.1, 0.15) is 23.0 Å². The summed E-state index contributed by atoms with van der Waals surface area (Å²) in [5.41, 5.74) is 2.21. The number of hydrogen-bond donors (Lipinski definition) is 2. The smallest absolute Gasteiger partial charge is 0.295 e. The zero-order valence-corrected chi connectivity index (χ0v) is 23.2. The van der Waals surface area contributed by atoms with E-state index in [0.29, 0.717) is 34.1 Å². The fraction of sp³-hybridized carbons (Fsp3) is 0.207. The van der Waals surface area contributed by atoms with Gasteiger partial charge >= 0.3 is 0 Å². The highest BCUT2D eigenvalue weighted by Gasteiger charge is 2.22. The molecule has 2 amide bonds. The number of nitrogens with one attached hydrogen (secondary N) is 2. The van der Waals surface area contributed by atoms with E-state index in [1.807, 2.05) is 42.5 Å². The average molecular weight is 547 g/mol. The Morgan fingerprint density at radius 3 is 2.08 bits per heavy atom. The lowest BCUT2D eigenvalue weighted by atomic mass is 10.1. The quantitative estimate of drug-likeness (QED) is 0.290. The van der Waals surface area contributed by atoms with Crippen LogP contribution in [-0.2, 0) is 11.8 Å². The van der Waals surface area contributed by atoms with E-state index < -0.39 is 5.25 Å². The highest BCUT2D eigenvalue weighted by atomic mass is 32.2. The first-order valence-electron chi connectivity index (χ1n) is 12.2. The number of benzene rings is 3. The fourth-order valence-corrected chi connectivity index (χ4v) is 4.95. The van der Waals surface area contributed by atoms with Crippen LogP contribution in [0.25, 0.3) is 5.69 Å². The van der Waals surface area contributed by atoms with Crippen LogP contribution >= 0.6 is 11.8 Å². The van der Waals surface area contributed by atoms with E-state index in [2.05, 4.69) is 10.6 Å². The van der Waals surface area contributed by atoms with Gasteiger partial charge in [-0.25, -0.2) is 4.68 Å². The lowest BCUT2D eigenvalue weighted by Crippen LogP contribution is -2.27. The highest BCUT2D eigenvalue weighted by molar-refractivity contribution is 8.00. The average Bonchev–Trinajstić information content (AvgIpc) is 3.16. The van der Waals surface area contributed by atoms with Gasteiger partial charge in [-0.15, -0.1) is 11.8 Å². The van der Waals surface area contributed by atoms with Crippen LogP contribution in [0.15, 0.2) is 82.5 Å². The number of carbonyl (C=O) groups excluding carboxylic acids is 2. The van der Waals surface area contributed by atoms with Crippen molar-refractivity contribution in [2.24, 2.45) is 7.05 Å². The van der Waals surface area contributed by atoms with Crippen LogP contribution in [0, 0.1) is 6.92 Å². The number of aromatic nitrogens is 2. The summed E-state index contributed by atoms with van der Waals surface area (Å²) in [6.45, 7) is 3.57. The van der Waals surface area contributed by atoms with Crippen LogP contribution in [0.3, 0.4) is 0 Å². The van der Waals surface area contributed by atoms with Crippen molar-refractivity contribution >= 4 is 35.0 Å². The molecule has 1 heterocycles. The minimum absolute atomic E-state index is 0.253. The molecule has 202 valence electrons. The standard InChI is InChI=1S/C29H30N4O5S/c1-18-26(29(36)33(32(18)3)21-10-7-6-8-11-21)31-27(34)19(2)39-22-16-14-20(15-17-22)30-28(35)25-23(37-4)12-9-13-24(25)38-5/h6-17,19H,1-5H3,(H,30,35)(H,31,34). The van der Waals surface area contributed by atoms with E-state index in [4.69, 9.17) is 9.47 Å². The molecule has 10 heteroatoms. The summed E-state index contributed by atoms with van der Waals surface area (Å²) in [6, 6.07) is 21.5. The van der Waals surface area contributed by atoms with Gasteiger partial charge in [-0.2, -0.15) is 0 Å². The Morgan fingerprint density at radius 1 is 0.872 bits per heavy atom. The molecule has 0 bridgehead atoms. The van der Waals surface area contributed by atoms with Gasteiger partial charge in [-0.3, -0.25) is 19.1 Å². The molecular formula is C29H30N4O5S. The number of rotatable bonds is 9. The first kappa shape index (κ1) is 27.6. The number of para-hydroxylation sites is 1. The number of nitrogens with zero attached hydrogens (tertiary/aromatic N) is 2. The molecule has 3 aromatic carbocycles. The second-order valence-corrected chi connectivity index (χ2v) is 10.1. The molecule has 2 N–H and O–H groups in total. The van der Waals surface area contributed by atoms with Gasteiger partial charge in [0.25, 0.3) is 11.5 Å². The molecule has 4 aromatic rings. The maximum atomic E-state index is 13.1. The van der Waals surface area contributed by atoms with Crippen molar-refractivity contribution in [3.63, 3.8) is 0 Å². The second-order valence-electron chi connectivity index (χ2n) is 8.70. The molecule has 1 aromatic heterocycles. The Balaban J connectivity index is 1.43. The van der Waals surface area contributed by atoms with Crippen LogP contribution < -0.4 is 25.7 Å². The maximum Gasteiger partial charge on any atom is 0.295 e. The topological polar surface area (TPSA) is 104 Å². The van der Waals surface area contributed by atoms with Gasteiger partial charge in [0.2, 0.25) is 5.91 Å². The molecule has 0 spiro atoms. The summed E-state index contributed by atoms with van der Waals surface area (Å²) < 4.78 is 13.9. The van der Waals surface area contributed by atoms with Crippen molar-refractivity contribution in [1.82, 2.24) is 9.36 Å². The monoisotopic (exact) mass is 546 g/mol. The van der Waals surface area contributed by atoms with Crippen LogP contribution in [0.2, 0.25) is 0 Å². The third-order valence-electron chi connectivity index (χ3n) is 6.25. The Bertz CT molecular complexity index is 1520. The van der Waals surface area contributed by atoms with Gasteiger partial charge < -0.3 is 20.1 Å². The fourth-order valence-electron chi connectivity index (χ4n) is 4.08. The Morgan fingerprint density at radius 2 is 1.49 bits per heavy atom. The second kappa shape index (κ2) is 12.0. The van der Waals surface area contributed by atoms with Crippen molar-refractivity contribution in [2.75, 3.05) is 24.9 Å². The number of methoxy groups -OCH3 is 2. The number of thioether (sulfide) groups is 1. The molecule has 1 atom stereocenters. The minimum Gasteiger partial charge on any atom is -0.496 e. The largest absolute Gasteiger partial charge is 0.496 e. The molecule has 0 aliphatic rings. The van der Waals surface area contributed by atoms with Crippen LogP contribution in [-0.4, -0.2) is 40.6 Å². The SMILES string of the molecule is COc1cccc(OC)c1C(=O)Nc1ccc(SC(C)C(=O)Nc2c(C)n(C)n(-c3ccccc3)c2=O)cc1. The van der Waals surface area contributed by atoms with Gasteiger partial charge in [-0.1, -0.05) is 24.3 Å². The van der Waals surface area contributed by atoms with Crippen molar-refractivity contribution in [2.45, 2.75) is 24.0 Å². The lowest BCUT2D eigenvalue weighted by molar-refractivity contribution is -0.115. The summed E-state index contributed by atoms with van der Waals surface area (Å²) in [6.07, 6.45) is 0. The summed E-state index contributed by atoms with van der Waals surface area (Å²) in [5, 5.41) is 5.18. The van der Waals surface area contributed by atoms with Crippen LogP contribution in [0.5, 0.6) is 11.5 Å².